The number of ether oxygens (including phenoxy) is 1. The summed E-state index contributed by atoms with van der Waals surface area (Å²) in [5.41, 5.74) is 4.33. The van der Waals surface area contributed by atoms with E-state index in [1.54, 1.807) is 10.7 Å². The minimum Gasteiger partial charge on any atom is -0.473 e. The average Bonchev–Trinajstić information content (AvgIpc) is 2.80. The Labute approximate surface area is 128 Å². The number of pyridine rings is 1. The van der Waals surface area contributed by atoms with Gasteiger partial charge in [0.25, 0.3) is 0 Å². The minimum absolute atomic E-state index is 0.318. The number of nitrogens with zero attached hydrogens (tertiary/aromatic N) is 4. The second kappa shape index (κ2) is 5.49. The molecule has 0 spiro atoms. The first-order chi connectivity index (χ1) is 10.6. The fraction of sp³-hybridized carbons (Fsp3) is 0.235. The van der Waals surface area contributed by atoms with E-state index in [9.17, 15) is 0 Å². The highest BCUT2D eigenvalue weighted by atomic mass is 16.5. The molecule has 1 aromatic carbocycles. The summed E-state index contributed by atoms with van der Waals surface area (Å²) in [6.45, 7) is 4.31. The normalized spacial score (nSPS) is 10.6. The average molecular weight is 292 g/mol. The van der Waals surface area contributed by atoms with Crippen LogP contribution in [0.4, 0.5) is 0 Å². The lowest BCUT2D eigenvalue weighted by atomic mass is 10.1. The summed E-state index contributed by atoms with van der Waals surface area (Å²) in [5.74, 6) is 0.542. The molecule has 0 aliphatic rings. The zero-order valence-electron chi connectivity index (χ0n) is 12.8. The Morgan fingerprint density at radius 1 is 1.27 bits per heavy atom. The molecular formula is C17H16N4O. The number of nitriles is 1. The van der Waals surface area contributed by atoms with Crippen molar-refractivity contribution in [2.75, 3.05) is 0 Å². The van der Waals surface area contributed by atoms with Crippen LogP contribution in [-0.4, -0.2) is 14.8 Å². The summed E-state index contributed by atoms with van der Waals surface area (Å²) in [7, 11) is 1.87. The van der Waals surface area contributed by atoms with E-state index in [2.05, 4.69) is 16.2 Å². The van der Waals surface area contributed by atoms with E-state index in [4.69, 9.17) is 10.00 Å². The van der Waals surface area contributed by atoms with Gasteiger partial charge in [-0.05, 0) is 25.5 Å². The van der Waals surface area contributed by atoms with Gasteiger partial charge in [-0.3, -0.25) is 4.68 Å². The van der Waals surface area contributed by atoms with E-state index in [1.165, 1.54) is 0 Å². The van der Waals surface area contributed by atoms with E-state index in [0.717, 1.165) is 27.9 Å². The van der Waals surface area contributed by atoms with Crippen molar-refractivity contribution in [3.63, 3.8) is 0 Å². The summed E-state index contributed by atoms with van der Waals surface area (Å²) in [6.07, 6.45) is 0. The number of fused-ring (bicyclic) bond motifs is 1. The van der Waals surface area contributed by atoms with Crippen molar-refractivity contribution in [3.05, 3.63) is 52.7 Å². The van der Waals surface area contributed by atoms with Crippen LogP contribution in [-0.2, 0) is 13.7 Å². The Hall–Kier alpha value is -2.87. The minimum atomic E-state index is 0.318. The lowest BCUT2D eigenvalue weighted by Gasteiger charge is -2.08. The smallest absolute Gasteiger partial charge is 0.215 e. The quantitative estimate of drug-likeness (QED) is 0.744. The molecule has 0 N–H and O–H groups in total. The summed E-state index contributed by atoms with van der Waals surface area (Å²) in [6, 6.07) is 11.5. The van der Waals surface area contributed by atoms with Crippen molar-refractivity contribution in [2.24, 2.45) is 7.05 Å². The van der Waals surface area contributed by atoms with Gasteiger partial charge in [-0.15, -0.1) is 0 Å². The molecule has 0 bridgehead atoms. The molecule has 5 heteroatoms. The number of aromatic nitrogens is 3. The van der Waals surface area contributed by atoms with Crippen LogP contribution in [0.1, 0.15) is 22.4 Å². The van der Waals surface area contributed by atoms with Crippen molar-refractivity contribution < 1.29 is 4.74 Å². The molecule has 0 saturated carbocycles. The van der Waals surface area contributed by atoms with E-state index in [0.29, 0.717) is 18.1 Å². The maximum Gasteiger partial charge on any atom is 0.215 e. The molecule has 0 atom stereocenters. The molecule has 5 nitrogen and oxygen atoms in total. The van der Waals surface area contributed by atoms with Crippen LogP contribution in [0.3, 0.4) is 0 Å². The molecule has 0 saturated heterocycles. The van der Waals surface area contributed by atoms with E-state index in [1.807, 2.05) is 45.2 Å². The molecule has 0 amide bonds. The molecule has 0 fully saturated rings. The summed E-state index contributed by atoms with van der Waals surface area (Å²) in [5, 5.41) is 14.6. The molecule has 3 aromatic rings. The maximum absolute atomic E-state index is 9.11. The summed E-state index contributed by atoms with van der Waals surface area (Å²) in [4.78, 5) is 4.52. The number of aryl methyl sites for hydroxylation is 3. The van der Waals surface area contributed by atoms with Crippen LogP contribution >= 0.6 is 0 Å². The van der Waals surface area contributed by atoms with E-state index >= 15 is 0 Å². The van der Waals surface area contributed by atoms with Crippen LogP contribution in [0.2, 0.25) is 0 Å². The standard InChI is InChI=1S/C17H16N4O/c1-11-8-15(19-17-16(11)12(2)20-21(17)3)22-10-14-7-5-4-6-13(14)9-18/h4-8H,10H2,1-3H3. The zero-order chi connectivity index (χ0) is 15.7. The monoisotopic (exact) mass is 292 g/mol. The Kier molecular flexibility index (Phi) is 3.51. The number of hydrogen-bond acceptors (Lipinski definition) is 4. The van der Waals surface area contributed by atoms with Crippen LogP contribution in [0, 0.1) is 25.2 Å². The summed E-state index contributed by atoms with van der Waals surface area (Å²) < 4.78 is 7.54. The third kappa shape index (κ3) is 2.40. The largest absolute Gasteiger partial charge is 0.473 e. The van der Waals surface area contributed by atoms with Crippen LogP contribution in [0.15, 0.2) is 30.3 Å². The molecule has 3 rings (SSSR count). The topological polar surface area (TPSA) is 63.7 Å². The van der Waals surface area contributed by atoms with Gasteiger partial charge < -0.3 is 4.74 Å². The van der Waals surface area contributed by atoms with Crippen LogP contribution < -0.4 is 4.74 Å². The fourth-order valence-corrected chi connectivity index (χ4v) is 2.61. The van der Waals surface area contributed by atoms with Crippen LogP contribution in [0.5, 0.6) is 5.88 Å². The second-order valence-electron chi connectivity index (χ2n) is 5.24. The number of rotatable bonds is 3. The Morgan fingerprint density at radius 3 is 2.82 bits per heavy atom. The van der Waals surface area contributed by atoms with Crippen molar-refractivity contribution >= 4 is 11.0 Å². The van der Waals surface area contributed by atoms with Gasteiger partial charge in [0, 0.05) is 24.1 Å². The molecule has 0 aliphatic heterocycles. The molecular weight excluding hydrogens is 276 g/mol. The highest BCUT2D eigenvalue weighted by Gasteiger charge is 2.12. The Bertz CT molecular complexity index is 890. The third-order valence-corrected chi connectivity index (χ3v) is 3.66. The first-order valence-electron chi connectivity index (χ1n) is 7.02. The predicted octanol–water partition coefficient (Wildman–Crippen LogP) is 3.04. The SMILES string of the molecule is Cc1cc(OCc2ccccc2C#N)nc2c1c(C)nn2C. The lowest BCUT2D eigenvalue weighted by molar-refractivity contribution is 0.294. The second-order valence-corrected chi connectivity index (χ2v) is 5.24. The molecule has 2 heterocycles. The first kappa shape index (κ1) is 14.1. The zero-order valence-corrected chi connectivity index (χ0v) is 12.8. The molecule has 22 heavy (non-hydrogen) atoms. The van der Waals surface area contributed by atoms with Crippen molar-refractivity contribution in [1.29, 1.82) is 5.26 Å². The molecule has 0 aliphatic carbocycles. The third-order valence-electron chi connectivity index (χ3n) is 3.66. The molecule has 2 aromatic heterocycles. The van der Waals surface area contributed by atoms with Gasteiger partial charge in [0.1, 0.15) is 6.61 Å². The van der Waals surface area contributed by atoms with Gasteiger partial charge in [0.2, 0.25) is 5.88 Å². The van der Waals surface area contributed by atoms with Gasteiger partial charge in [0.05, 0.1) is 17.3 Å². The number of benzene rings is 1. The van der Waals surface area contributed by atoms with Crippen LogP contribution in [0.25, 0.3) is 11.0 Å². The van der Waals surface area contributed by atoms with Gasteiger partial charge in [-0.1, -0.05) is 18.2 Å². The van der Waals surface area contributed by atoms with Gasteiger partial charge >= 0.3 is 0 Å². The van der Waals surface area contributed by atoms with Crippen molar-refractivity contribution in [3.8, 4) is 11.9 Å². The van der Waals surface area contributed by atoms with E-state index < -0.39 is 0 Å². The summed E-state index contributed by atoms with van der Waals surface area (Å²) >= 11 is 0. The molecule has 0 unspecified atom stereocenters. The van der Waals surface area contributed by atoms with Gasteiger partial charge in [0.15, 0.2) is 5.65 Å². The Morgan fingerprint density at radius 2 is 2.05 bits per heavy atom. The van der Waals surface area contributed by atoms with Gasteiger partial charge in [-0.25, -0.2) is 0 Å². The van der Waals surface area contributed by atoms with Crippen molar-refractivity contribution in [2.45, 2.75) is 20.5 Å². The first-order valence-corrected chi connectivity index (χ1v) is 7.02. The molecule has 110 valence electrons. The molecule has 0 radical (unpaired) electrons. The van der Waals surface area contributed by atoms with Gasteiger partial charge in [-0.2, -0.15) is 15.3 Å². The highest BCUT2D eigenvalue weighted by Crippen LogP contribution is 2.24. The van der Waals surface area contributed by atoms with E-state index in [-0.39, 0.29) is 0 Å². The van der Waals surface area contributed by atoms with Crippen molar-refractivity contribution in [1.82, 2.24) is 14.8 Å². The fourth-order valence-electron chi connectivity index (χ4n) is 2.61. The Balaban J connectivity index is 1.92. The number of hydrogen-bond donors (Lipinski definition) is 0. The predicted molar refractivity (Wildman–Crippen MR) is 83.5 cm³/mol. The highest BCUT2D eigenvalue weighted by molar-refractivity contribution is 5.82. The lowest BCUT2D eigenvalue weighted by Crippen LogP contribution is -2.01. The maximum atomic E-state index is 9.11.